The minimum Gasteiger partial charge on any atom is -0.504 e. The number of phenols is 1. The van der Waals surface area contributed by atoms with Crippen LogP contribution in [0, 0.1) is 11.8 Å². The van der Waals surface area contributed by atoms with Gasteiger partial charge in [-0.1, -0.05) is 66.7 Å². The Balaban J connectivity index is 1.71. The molecule has 2 N–H and O–H groups in total. The molecule has 0 aliphatic heterocycles. The second kappa shape index (κ2) is 11.5. The van der Waals surface area contributed by atoms with Crippen molar-refractivity contribution in [2.24, 2.45) is 11.8 Å². The van der Waals surface area contributed by atoms with Gasteiger partial charge in [0, 0.05) is 12.3 Å². The van der Waals surface area contributed by atoms with Crippen LogP contribution in [0.3, 0.4) is 0 Å². The van der Waals surface area contributed by atoms with Gasteiger partial charge in [-0.3, -0.25) is 14.4 Å². The normalized spacial score (nSPS) is 22.9. The van der Waals surface area contributed by atoms with Crippen molar-refractivity contribution in [3.63, 3.8) is 0 Å². The van der Waals surface area contributed by atoms with Gasteiger partial charge in [0.05, 0.1) is 18.6 Å². The van der Waals surface area contributed by atoms with Crippen LogP contribution in [0.1, 0.15) is 36.0 Å². The van der Waals surface area contributed by atoms with Gasteiger partial charge in [-0.2, -0.15) is 0 Å². The number of ketones is 1. The van der Waals surface area contributed by atoms with Crippen LogP contribution in [0.5, 0.6) is 11.5 Å². The van der Waals surface area contributed by atoms with Crippen molar-refractivity contribution < 1.29 is 38.8 Å². The van der Waals surface area contributed by atoms with Gasteiger partial charge in [-0.15, -0.1) is 0 Å². The van der Waals surface area contributed by atoms with E-state index in [0.717, 1.165) is 11.1 Å². The minimum absolute atomic E-state index is 0.0467. The highest BCUT2D eigenvalue weighted by atomic mass is 16.5. The van der Waals surface area contributed by atoms with E-state index < -0.39 is 47.5 Å². The number of ether oxygens (including phenoxy) is 3. The van der Waals surface area contributed by atoms with Crippen LogP contribution in [0.25, 0.3) is 0 Å². The lowest BCUT2D eigenvalue weighted by atomic mass is 9.61. The van der Waals surface area contributed by atoms with E-state index >= 15 is 0 Å². The van der Waals surface area contributed by atoms with Gasteiger partial charge in [-0.05, 0) is 35.7 Å². The van der Waals surface area contributed by atoms with Crippen LogP contribution in [-0.2, 0) is 37.1 Å². The SMILES string of the molecule is COc1cc([C@H]2[C@H](C(=O)OCc3ccccc3)C(=O)C[C@](C)(O)[C@H]2C(=O)OCc2ccccc2)ccc1O. The highest BCUT2D eigenvalue weighted by molar-refractivity contribution is 6.02. The van der Waals surface area contributed by atoms with Crippen molar-refractivity contribution in [1.29, 1.82) is 0 Å². The molecule has 8 nitrogen and oxygen atoms in total. The number of hydrogen-bond acceptors (Lipinski definition) is 8. The molecule has 3 aromatic carbocycles. The van der Waals surface area contributed by atoms with Gasteiger partial charge in [0.2, 0.25) is 0 Å². The molecular formula is C30H30O8. The summed E-state index contributed by atoms with van der Waals surface area (Å²) in [4.78, 5) is 40.2. The first-order chi connectivity index (χ1) is 18.2. The Labute approximate surface area is 220 Å². The van der Waals surface area contributed by atoms with Gasteiger partial charge < -0.3 is 24.4 Å². The third-order valence-electron chi connectivity index (χ3n) is 6.81. The maximum absolute atomic E-state index is 13.5. The smallest absolute Gasteiger partial charge is 0.317 e. The first-order valence-corrected chi connectivity index (χ1v) is 12.2. The largest absolute Gasteiger partial charge is 0.504 e. The molecule has 4 rings (SSSR count). The van der Waals surface area contributed by atoms with Gasteiger partial charge in [0.25, 0.3) is 0 Å². The molecule has 0 radical (unpaired) electrons. The fraction of sp³-hybridized carbons (Fsp3) is 0.300. The summed E-state index contributed by atoms with van der Waals surface area (Å²) in [7, 11) is 1.36. The fourth-order valence-electron chi connectivity index (χ4n) is 4.95. The number of carbonyl (C=O) groups excluding carboxylic acids is 3. The van der Waals surface area contributed by atoms with E-state index in [0.29, 0.717) is 5.56 Å². The third-order valence-corrected chi connectivity index (χ3v) is 6.81. The minimum atomic E-state index is -1.81. The summed E-state index contributed by atoms with van der Waals surface area (Å²) in [6.45, 7) is 1.28. The fourth-order valence-corrected chi connectivity index (χ4v) is 4.95. The van der Waals surface area contributed by atoms with Crippen molar-refractivity contribution in [2.45, 2.75) is 38.1 Å². The van der Waals surface area contributed by atoms with Gasteiger partial charge in [-0.25, -0.2) is 0 Å². The van der Waals surface area contributed by atoms with E-state index in [1.54, 1.807) is 36.4 Å². The van der Waals surface area contributed by atoms with E-state index in [-0.39, 0.29) is 24.7 Å². The average Bonchev–Trinajstić information content (AvgIpc) is 2.91. The Morgan fingerprint density at radius 1 is 0.895 bits per heavy atom. The Hall–Kier alpha value is -4.17. The molecule has 1 saturated carbocycles. The summed E-state index contributed by atoms with van der Waals surface area (Å²) in [5.74, 6) is -6.00. The number of carbonyl (C=O) groups is 3. The molecule has 0 unspecified atom stereocenters. The first kappa shape index (κ1) is 26.9. The second-order valence-electron chi connectivity index (χ2n) is 9.60. The Morgan fingerprint density at radius 3 is 2.00 bits per heavy atom. The van der Waals surface area contributed by atoms with Gasteiger partial charge >= 0.3 is 11.9 Å². The molecule has 0 spiro atoms. The number of phenolic OH excluding ortho intramolecular Hbond substituents is 1. The topological polar surface area (TPSA) is 119 Å². The molecular weight excluding hydrogens is 488 g/mol. The Bertz CT molecular complexity index is 1290. The molecule has 38 heavy (non-hydrogen) atoms. The lowest BCUT2D eigenvalue weighted by Crippen LogP contribution is -2.55. The number of methoxy groups -OCH3 is 1. The number of aliphatic hydroxyl groups is 1. The molecule has 1 aliphatic rings. The van der Waals surface area contributed by atoms with E-state index in [4.69, 9.17) is 14.2 Å². The number of esters is 2. The number of benzene rings is 3. The highest BCUT2D eigenvalue weighted by Crippen LogP contribution is 2.48. The summed E-state index contributed by atoms with van der Waals surface area (Å²) in [5.41, 5.74) is 0.0137. The molecule has 0 saturated heterocycles. The molecule has 0 heterocycles. The Kier molecular flexibility index (Phi) is 8.12. The zero-order chi connectivity index (χ0) is 27.3. The van der Waals surface area contributed by atoms with Gasteiger partial charge in [0.15, 0.2) is 17.3 Å². The summed E-state index contributed by atoms with van der Waals surface area (Å²) in [6.07, 6.45) is -0.436. The Morgan fingerprint density at radius 2 is 1.45 bits per heavy atom. The van der Waals surface area contributed by atoms with E-state index in [1.807, 2.05) is 24.3 Å². The maximum atomic E-state index is 13.5. The summed E-state index contributed by atoms with van der Waals surface area (Å²) in [6, 6.07) is 22.3. The summed E-state index contributed by atoms with van der Waals surface area (Å²) < 4.78 is 16.3. The molecule has 198 valence electrons. The van der Waals surface area contributed by atoms with Crippen molar-refractivity contribution in [1.82, 2.24) is 0 Å². The number of aromatic hydroxyl groups is 1. The standard InChI is InChI=1S/C30H30O8/c1-30(35)16-23(32)26(28(33)37-17-19-9-5-3-6-10-19)25(21-13-14-22(31)24(15-21)36-2)27(30)29(34)38-18-20-11-7-4-8-12-20/h3-15,25-27,31,35H,16-18H2,1-2H3/t25-,26+,27+,30-/m0/s1. The van der Waals surface area contributed by atoms with Crippen LogP contribution in [0.4, 0.5) is 0 Å². The molecule has 3 aromatic rings. The molecule has 4 atom stereocenters. The average molecular weight is 519 g/mol. The van der Waals surface area contributed by atoms with E-state index in [2.05, 4.69) is 0 Å². The lowest BCUT2D eigenvalue weighted by molar-refractivity contribution is -0.174. The second-order valence-corrected chi connectivity index (χ2v) is 9.60. The number of hydrogen-bond donors (Lipinski definition) is 2. The van der Waals surface area contributed by atoms with Crippen molar-refractivity contribution in [2.75, 3.05) is 7.11 Å². The number of rotatable bonds is 8. The zero-order valence-electron chi connectivity index (χ0n) is 21.2. The third kappa shape index (κ3) is 5.86. The quantitative estimate of drug-likeness (QED) is 0.340. The number of Topliss-reactive ketones (excluding diaryl/α,β-unsaturated/α-hetero) is 1. The van der Waals surface area contributed by atoms with Gasteiger partial charge in [0.1, 0.15) is 19.1 Å². The highest BCUT2D eigenvalue weighted by Gasteiger charge is 2.57. The predicted octanol–water partition coefficient (Wildman–Crippen LogP) is 3.93. The van der Waals surface area contributed by atoms with Crippen molar-refractivity contribution in [3.8, 4) is 11.5 Å². The van der Waals surface area contributed by atoms with Crippen molar-refractivity contribution >= 4 is 17.7 Å². The monoisotopic (exact) mass is 518 g/mol. The molecule has 0 amide bonds. The molecule has 8 heteroatoms. The van der Waals surface area contributed by atoms with E-state index in [1.165, 1.54) is 32.2 Å². The summed E-state index contributed by atoms with van der Waals surface area (Å²) >= 11 is 0. The molecule has 0 bridgehead atoms. The van der Waals surface area contributed by atoms with Crippen molar-refractivity contribution in [3.05, 3.63) is 95.6 Å². The van der Waals surface area contributed by atoms with Crippen LogP contribution in [0.15, 0.2) is 78.9 Å². The van der Waals surface area contributed by atoms with Crippen LogP contribution < -0.4 is 4.74 Å². The van der Waals surface area contributed by atoms with E-state index in [9.17, 15) is 24.6 Å². The molecule has 1 fully saturated rings. The van der Waals surface area contributed by atoms with Crippen LogP contribution in [-0.4, -0.2) is 40.6 Å². The predicted molar refractivity (Wildman–Crippen MR) is 137 cm³/mol. The maximum Gasteiger partial charge on any atom is 0.317 e. The lowest BCUT2D eigenvalue weighted by Gasteiger charge is -2.43. The zero-order valence-corrected chi connectivity index (χ0v) is 21.2. The molecule has 1 aliphatic carbocycles. The first-order valence-electron chi connectivity index (χ1n) is 12.2. The molecule has 0 aromatic heterocycles. The van der Waals surface area contributed by atoms with Crippen LogP contribution >= 0.6 is 0 Å². The summed E-state index contributed by atoms with van der Waals surface area (Å²) in [5, 5.41) is 21.5. The van der Waals surface area contributed by atoms with Crippen LogP contribution in [0.2, 0.25) is 0 Å².